The summed E-state index contributed by atoms with van der Waals surface area (Å²) in [4.78, 5) is 6.73. The molecular formula is C24H22ClF4N5. The smallest absolute Gasteiger partial charge is 0.365 e. The maximum absolute atomic E-state index is 13.9. The quantitative estimate of drug-likeness (QED) is 0.466. The van der Waals surface area contributed by atoms with Crippen LogP contribution in [0, 0.1) is 17.7 Å². The average molecular weight is 492 g/mol. The summed E-state index contributed by atoms with van der Waals surface area (Å²) in [5.41, 5.74) is 0.0119. The number of rotatable bonds is 5. The number of pyridine rings is 1. The number of nitrogens with zero attached hydrogens (tertiary/aromatic N) is 4. The maximum Gasteiger partial charge on any atom is 0.420 e. The second kappa shape index (κ2) is 9.11. The van der Waals surface area contributed by atoms with E-state index in [0.717, 1.165) is 56.4 Å². The third-order valence-corrected chi connectivity index (χ3v) is 6.91. The molecule has 2 aliphatic rings. The summed E-state index contributed by atoms with van der Waals surface area (Å²) in [6.45, 7) is 2.57. The lowest BCUT2D eigenvalue weighted by Gasteiger charge is -2.21. The summed E-state index contributed by atoms with van der Waals surface area (Å²) >= 11 is 6.05. The molecule has 1 saturated carbocycles. The van der Waals surface area contributed by atoms with Crippen molar-refractivity contribution in [1.82, 2.24) is 20.1 Å². The largest absolute Gasteiger partial charge is 0.420 e. The molecule has 0 amide bonds. The minimum Gasteiger partial charge on any atom is -0.365 e. The van der Waals surface area contributed by atoms with Gasteiger partial charge in [0.1, 0.15) is 11.4 Å². The molecule has 1 saturated heterocycles. The van der Waals surface area contributed by atoms with Crippen LogP contribution in [0.25, 0.3) is 11.3 Å². The van der Waals surface area contributed by atoms with Crippen LogP contribution in [-0.2, 0) is 12.7 Å². The number of hydrogen-bond acceptors (Lipinski definition) is 5. The highest BCUT2D eigenvalue weighted by atomic mass is 35.5. The molecule has 1 aliphatic heterocycles. The summed E-state index contributed by atoms with van der Waals surface area (Å²) in [6, 6.07) is 10.1. The van der Waals surface area contributed by atoms with E-state index in [-0.39, 0.29) is 28.1 Å². The van der Waals surface area contributed by atoms with E-state index in [1.807, 2.05) is 18.2 Å². The van der Waals surface area contributed by atoms with Crippen molar-refractivity contribution >= 4 is 17.4 Å². The van der Waals surface area contributed by atoms with Crippen LogP contribution in [0.3, 0.4) is 0 Å². The third-order valence-electron chi connectivity index (χ3n) is 6.58. The number of alkyl halides is 3. The van der Waals surface area contributed by atoms with Gasteiger partial charge in [-0.15, -0.1) is 10.2 Å². The fourth-order valence-corrected chi connectivity index (χ4v) is 5.31. The fraction of sp³-hybridized carbons (Fsp3) is 0.375. The highest BCUT2D eigenvalue weighted by Gasteiger charge is 2.42. The molecule has 0 bridgehead atoms. The topological polar surface area (TPSA) is 53.9 Å². The minimum absolute atomic E-state index is 0.0645. The Bertz CT molecular complexity index is 1160. The van der Waals surface area contributed by atoms with Gasteiger partial charge in [0.05, 0.1) is 16.4 Å². The molecule has 3 aromatic rings. The van der Waals surface area contributed by atoms with Gasteiger partial charge in [-0.25, -0.2) is 4.39 Å². The predicted molar refractivity (Wildman–Crippen MR) is 121 cm³/mol. The summed E-state index contributed by atoms with van der Waals surface area (Å²) in [5.74, 6) is -0.103. The molecule has 178 valence electrons. The van der Waals surface area contributed by atoms with Crippen LogP contribution in [0.15, 0.2) is 48.7 Å². The molecule has 0 radical (unpaired) electrons. The fourth-order valence-electron chi connectivity index (χ4n) is 5.10. The number of hydrogen-bond donors (Lipinski definition) is 1. The first kappa shape index (κ1) is 23.0. The van der Waals surface area contributed by atoms with Crippen molar-refractivity contribution in [2.75, 3.05) is 18.4 Å². The first-order chi connectivity index (χ1) is 16.3. The minimum atomic E-state index is -4.65. The van der Waals surface area contributed by atoms with Crippen LogP contribution in [0.2, 0.25) is 5.02 Å². The zero-order valence-corrected chi connectivity index (χ0v) is 18.8. The Morgan fingerprint density at radius 1 is 1.03 bits per heavy atom. The lowest BCUT2D eigenvalue weighted by atomic mass is 10.0. The zero-order valence-electron chi connectivity index (χ0n) is 18.1. The van der Waals surface area contributed by atoms with Crippen LogP contribution < -0.4 is 5.32 Å². The monoisotopic (exact) mass is 491 g/mol. The molecule has 5 rings (SSSR count). The number of anilines is 1. The van der Waals surface area contributed by atoms with Gasteiger partial charge in [0.25, 0.3) is 0 Å². The van der Waals surface area contributed by atoms with Crippen molar-refractivity contribution in [3.05, 3.63) is 70.8 Å². The molecule has 10 heteroatoms. The summed E-state index contributed by atoms with van der Waals surface area (Å²) in [6.07, 6.45) is -1.35. The van der Waals surface area contributed by atoms with Crippen molar-refractivity contribution in [1.29, 1.82) is 0 Å². The van der Waals surface area contributed by atoms with Gasteiger partial charge in [-0.05, 0) is 61.1 Å². The molecule has 1 aliphatic carbocycles. The van der Waals surface area contributed by atoms with Crippen LogP contribution in [-0.4, -0.2) is 39.2 Å². The van der Waals surface area contributed by atoms with E-state index in [1.54, 1.807) is 6.20 Å². The van der Waals surface area contributed by atoms with Crippen molar-refractivity contribution in [2.24, 2.45) is 11.8 Å². The van der Waals surface area contributed by atoms with E-state index >= 15 is 0 Å². The molecule has 2 unspecified atom stereocenters. The lowest BCUT2D eigenvalue weighted by Crippen LogP contribution is -2.26. The lowest BCUT2D eigenvalue weighted by molar-refractivity contribution is -0.137. The van der Waals surface area contributed by atoms with E-state index in [1.165, 1.54) is 6.07 Å². The molecule has 2 atom stereocenters. The number of aromatic nitrogens is 3. The Kier molecular flexibility index (Phi) is 6.16. The van der Waals surface area contributed by atoms with Crippen LogP contribution in [0.1, 0.15) is 24.1 Å². The Labute approximate surface area is 199 Å². The SMILES string of the molecule is Fc1ccc(Cl)c(-c2cc(C(F)(F)F)c(NC3CC4CN(Cc5ccccn5)CC4C3)nn2)c1. The molecule has 2 aromatic heterocycles. The number of fused-ring (bicyclic) bond motifs is 1. The first-order valence-electron chi connectivity index (χ1n) is 11.1. The highest BCUT2D eigenvalue weighted by molar-refractivity contribution is 6.33. The van der Waals surface area contributed by atoms with Gasteiger partial charge in [0.15, 0.2) is 5.82 Å². The van der Waals surface area contributed by atoms with E-state index < -0.39 is 17.6 Å². The van der Waals surface area contributed by atoms with Gasteiger partial charge >= 0.3 is 6.18 Å². The van der Waals surface area contributed by atoms with E-state index in [2.05, 4.69) is 25.4 Å². The van der Waals surface area contributed by atoms with Crippen LogP contribution >= 0.6 is 11.6 Å². The van der Waals surface area contributed by atoms with Crippen LogP contribution in [0.5, 0.6) is 0 Å². The average Bonchev–Trinajstić information content (AvgIpc) is 3.33. The van der Waals surface area contributed by atoms with E-state index in [0.29, 0.717) is 11.8 Å². The molecule has 1 aromatic carbocycles. The number of halogens is 5. The Morgan fingerprint density at radius 2 is 1.79 bits per heavy atom. The molecule has 1 N–H and O–H groups in total. The standard InChI is InChI=1S/C24H22ClF4N5/c25-21-5-4-16(26)9-19(21)22-10-20(24(27,28)29)23(33-32-22)31-18-7-14-11-34(12-15(14)8-18)13-17-3-1-2-6-30-17/h1-6,9-10,14-15,18H,7-8,11-13H2,(H,31,33). The highest BCUT2D eigenvalue weighted by Crippen LogP contribution is 2.42. The normalized spacial score (nSPS) is 22.7. The molecular weight excluding hydrogens is 470 g/mol. The molecule has 0 spiro atoms. The second-order valence-corrected chi connectivity index (χ2v) is 9.37. The van der Waals surface area contributed by atoms with E-state index in [9.17, 15) is 17.6 Å². The van der Waals surface area contributed by atoms with Gasteiger partial charge in [-0.1, -0.05) is 17.7 Å². The van der Waals surface area contributed by atoms with Crippen molar-refractivity contribution in [2.45, 2.75) is 31.6 Å². The Hall–Kier alpha value is -2.78. The van der Waals surface area contributed by atoms with Gasteiger partial charge in [-0.2, -0.15) is 13.2 Å². The molecule has 3 heterocycles. The van der Waals surface area contributed by atoms with Gasteiger partial charge in [0, 0.05) is 37.4 Å². The number of nitrogens with one attached hydrogen (secondary N) is 1. The zero-order chi connectivity index (χ0) is 23.9. The summed E-state index contributed by atoms with van der Waals surface area (Å²) in [7, 11) is 0. The molecule has 34 heavy (non-hydrogen) atoms. The van der Waals surface area contributed by atoms with Gasteiger partial charge < -0.3 is 5.32 Å². The van der Waals surface area contributed by atoms with Crippen molar-refractivity contribution < 1.29 is 17.6 Å². The first-order valence-corrected chi connectivity index (χ1v) is 11.4. The second-order valence-electron chi connectivity index (χ2n) is 8.96. The number of likely N-dealkylation sites (tertiary alicyclic amines) is 1. The number of benzene rings is 1. The van der Waals surface area contributed by atoms with E-state index in [4.69, 9.17) is 11.6 Å². The Morgan fingerprint density at radius 3 is 2.47 bits per heavy atom. The predicted octanol–water partition coefficient (Wildman–Crippen LogP) is 5.67. The van der Waals surface area contributed by atoms with Crippen molar-refractivity contribution in [3.8, 4) is 11.3 Å². The Balaban J connectivity index is 1.29. The van der Waals surface area contributed by atoms with Gasteiger partial charge in [0.2, 0.25) is 0 Å². The third kappa shape index (κ3) is 4.86. The summed E-state index contributed by atoms with van der Waals surface area (Å²) in [5, 5.41) is 10.8. The summed E-state index contributed by atoms with van der Waals surface area (Å²) < 4.78 is 55.2. The molecule has 2 fully saturated rings. The maximum atomic E-state index is 13.9. The van der Waals surface area contributed by atoms with Crippen molar-refractivity contribution in [3.63, 3.8) is 0 Å². The molecule has 5 nitrogen and oxygen atoms in total. The van der Waals surface area contributed by atoms with Gasteiger partial charge in [-0.3, -0.25) is 9.88 Å². The van der Waals surface area contributed by atoms with Crippen LogP contribution in [0.4, 0.5) is 23.4 Å².